The van der Waals surface area contributed by atoms with E-state index in [0.717, 1.165) is 22.2 Å². The number of carbonyl (C=O) groups excluding carboxylic acids is 1. The average Bonchev–Trinajstić information content (AvgIpc) is 3.35. The number of amides is 1. The zero-order valence-electron chi connectivity index (χ0n) is 17.1. The summed E-state index contributed by atoms with van der Waals surface area (Å²) in [5.41, 5.74) is 4.73. The molecule has 8 nitrogen and oxygen atoms in total. The van der Waals surface area contributed by atoms with Crippen molar-refractivity contribution in [3.8, 4) is 16.9 Å². The lowest BCUT2D eigenvalue weighted by atomic mass is 9.93. The molecule has 2 aliphatic rings. The Morgan fingerprint density at radius 2 is 2.03 bits per heavy atom. The molecule has 1 fully saturated rings. The highest BCUT2D eigenvalue weighted by molar-refractivity contribution is 5.89. The quantitative estimate of drug-likeness (QED) is 0.527. The van der Waals surface area contributed by atoms with Gasteiger partial charge in [-0.3, -0.25) is 14.8 Å². The minimum Gasteiger partial charge on any atom is -0.447 e. The van der Waals surface area contributed by atoms with Crippen molar-refractivity contribution >= 4 is 17.1 Å². The molecule has 2 aliphatic heterocycles. The number of nitrogens with one attached hydrogen (secondary N) is 1. The van der Waals surface area contributed by atoms with E-state index in [-0.39, 0.29) is 17.8 Å². The Kier molecular flexibility index (Phi) is 3.95. The molecular weight excluding hydrogens is 413 g/mol. The van der Waals surface area contributed by atoms with Gasteiger partial charge in [-0.05, 0) is 42.2 Å². The second kappa shape index (κ2) is 6.74. The van der Waals surface area contributed by atoms with Crippen LogP contribution in [-0.2, 0) is 17.7 Å². The molecule has 1 atom stereocenters. The summed E-state index contributed by atoms with van der Waals surface area (Å²) >= 11 is 0. The molecule has 0 unspecified atom stereocenters. The van der Waals surface area contributed by atoms with Crippen LogP contribution in [0.5, 0.6) is 0 Å². The van der Waals surface area contributed by atoms with E-state index in [2.05, 4.69) is 15.3 Å². The molecule has 1 amide bonds. The Labute approximate surface area is 181 Å². The molecule has 160 valence electrons. The molecule has 2 aromatic heterocycles. The second-order valence-corrected chi connectivity index (χ2v) is 8.18. The molecule has 0 bridgehead atoms. The lowest BCUT2D eigenvalue weighted by Crippen LogP contribution is -2.38. The smallest absolute Gasteiger partial charge is 0.410 e. The number of halogens is 1. The Bertz CT molecular complexity index is 1450. The van der Waals surface area contributed by atoms with Gasteiger partial charge in [0, 0.05) is 18.2 Å². The fourth-order valence-corrected chi connectivity index (χ4v) is 4.55. The number of cyclic esters (lactones) is 1. The number of ether oxygens (including phenoxy) is 1. The van der Waals surface area contributed by atoms with E-state index < -0.39 is 11.4 Å². The van der Waals surface area contributed by atoms with Crippen LogP contribution >= 0.6 is 0 Å². The van der Waals surface area contributed by atoms with Crippen molar-refractivity contribution in [2.24, 2.45) is 0 Å². The minimum atomic E-state index is -0.523. The van der Waals surface area contributed by atoms with Crippen LogP contribution in [0.25, 0.3) is 28.0 Å². The van der Waals surface area contributed by atoms with Gasteiger partial charge in [0.1, 0.15) is 29.3 Å². The number of rotatable bonds is 2. The Morgan fingerprint density at radius 1 is 1.16 bits per heavy atom. The van der Waals surface area contributed by atoms with Gasteiger partial charge in [0.15, 0.2) is 0 Å². The van der Waals surface area contributed by atoms with Crippen LogP contribution in [-0.4, -0.2) is 43.6 Å². The topological polar surface area (TPSA) is 93.1 Å². The number of nitrogens with zero attached hydrogens (tertiary/aromatic N) is 4. The van der Waals surface area contributed by atoms with E-state index in [9.17, 15) is 14.0 Å². The molecule has 0 saturated carbocycles. The molecule has 0 aliphatic carbocycles. The first-order valence-corrected chi connectivity index (χ1v) is 10.3. The van der Waals surface area contributed by atoms with Crippen LogP contribution in [0.4, 0.5) is 9.18 Å². The lowest BCUT2D eigenvalue weighted by Gasteiger charge is -2.28. The van der Waals surface area contributed by atoms with Crippen molar-refractivity contribution < 1.29 is 13.9 Å². The summed E-state index contributed by atoms with van der Waals surface area (Å²) in [4.78, 5) is 26.4. The number of aryl methyl sites for hydroxylation is 1. The molecule has 0 radical (unpaired) electrons. The third-order valence-electron chi connectivity index (χ3n) is 6.19. The van der Waals surface area contributed by atoms with Crippen molar-refractivity contribution in [1.82, 2.24) is 24.9 Å². The van der Waals surface area contributed by atoms with Crippen molar-refractivity contribution in [1.29, 1.82) is 0 Å². The summed E-state index contributed by atoms with van der Waals surface area (Å²) in [5, 5.41) is 11.7. The third kappa shape index (κ3) is 2.74. The van der Waals surface area contributed by atoms with E-state index in [1.807, 2.05) is 18.2 Å². The first-order chi connectivity index (χ1) is 15.5. The van der Waals surface area contributed by atoms with Crippen LogP contribution in [0.1, 0.15) is 16.7 Å². The first-order valence-electron chi connectivity index (χ1n) is 10.3. The van der Waals surface area contributed by atoms with Crippen LogP contribution < -0.4 is 5.56 Å². The standard InChI is InChI=1S/C23H18FN5O3/c1-12-3-2-4-17(24)22(12)29-19(30)9-18-21(27-29)20(26-25-18)14-6-5-13-8-16-11-32-23(31)28(16)10-15(13)7-14/h2-7,9,16,25H,8,10-11H2,1H3/t16-/m0/s1. The van der Waals surface area contributed by atoms with Gasteiger partial charge >= 0.3 is 6.09 Å². The van der Waals surface area contributed by atoms with E-state index in [1.165, 1.54) is 17.7 Å². The fourth-order valence-electron chi connectivity index (χ4n) is 4.55. The zero-order chi connectivity index (χ0) is 22.0. The summed E-state index contributed by atoms with van der Waals surface area (Å²) in [6.45, 7) is 2.62. The molecule has 1 N–H and O–H groups in total. The molecule has 1 saturated heterocycles. The number of H-pyrrole nitrogens is 1. The minimum absolute atomic E-state index is 0.0761. The van der Waals surface area contributed by atoms with Crippen molar-refractivity contribution in [3.63, 3.8) is 0 Å². The van der Waals surface area contributed by atoms with Crippen molar-refractivity contribution in [2.45, 2.75) is 25.9 Å². The van der Waals surface area contributed by atoms with Gasteiger partial charge < -0.3 is 4.74 Å². The van der Waals surface area contributed by atoms with Crippen LogP contribution in [0.15, 0.2) is 47.3 Å². The number of hydrogen-bond acceptors (Lipinski definition) is 5. The molecule has 0 spiro atoms. The van der Waals surface area contributed by atoms with Crippen molar-refractivity contribution in [2.75, 3.05) is 6.61 Å². The summed E-state index contributed by atoms with van der Waals surface area (Å²) in [7, 11) is 0. The second-order valence-electron chi connectivity index (χ2n) is 8.18. The van der Waals surface area contributed by atoms with Gasteiger partial charge in [0.05, 0.1) is 11.6 Å². The highest BCUT2D eigenvalue weighted by Crippen LogP contribution is 2.32. The molecular formula is C23H18FN5O3. The molecule has 32 heavy (non-hydrogen) atoms. The van der Waals surface area contributed by atoms with Crippen LogP contribution in [0, 0.1) is 12.7 Å². The van der Waals surface area contributed by atoms with E-state index in [4.69, 9.17) is 4.74 Å². The first kappa shape index (κ1) is 18.7. The number of carbonyl (C=O) groups is 1. The third-order valence-corrected chi connectivity index (χ3v) is 6.19. The summed E-state index contributed by atoms with van der Waals surface area (Å²) in [6, 6.07) is 12.0. The number of para-hydroxylation sites is 1. The molecule has 6 rings (SSSR count). The Hall–Kier alpha value is -4.01. The predicted molar refractivity (Wildman–Crippen MR) is 114 cm³/mol. The van der Waals surface area contributed by atoms with Gasteiger partial charge in [0.25, 0.3) is 5.56 Å². The largest absolute Gasteiger partial charge is 0.447 e. The monoisotopic (exact) mass is 431 g/mol. The number of fused-ring (bicyclic) bond motifs is 3. The summed E-state index contributed by atoms with van der Waals surface area (Å²) in [5.74, 6) is -0.523. The van der Waals surface area contributed by atoms with Crippen molar-refractivity contribution in [3.05, 3.63) is 75.3 Å². The van der Waals surface area contributed by atoms with E-state index in [1.54, 1.807) is 24.0 Å². The van der Waals surface area contributed by atoms with Crippen LogP contribution in [0.2, 0.25) is 0 Å². The number of aromatic amines is 1. The number of benzene rings is 2. The molecule has 4 heterocycles. The Morgan fingerprint density at radius 3 is 2.88 bits per heavy atom. The predicted octanol–water partition coefficient (Wildman–Crippen LogP) is 3.10. The van der Waals surface area contributed by atoms with E-state index >= 15 is 0 Å². The molecule has 9 heteroatoms. The average molecular weight is 431 g/mol. The summed E-state index contributed by atoms with van der Waals surface area (Å²) in [6.07, 6.45) is 0.453. The molecule has 2 aromatic carbocycles. The molecule has 4 aromatic rings. The van der Waals surface area contributed by atoms with E-state index in [0.29, 0.717) is 35.4 Å². The Balaban J connectivity index is 1.48. The van der Waals surface area contributed by atoms with Crippen LogP contribution in [0.3, 0.4) is 0 Å². The summed E-state index contributed by atoms with van der Waals surface area (Å²) < 4.78 is 20.8. The highest BCUT2D eigenvalue weighted by atomic mass is 19.1. The van der Waals surface area contributed by atoms with Gasteiger partial charge in [-0.25, -0.2) is 9.18 Å². The lowest BCUT2D eigenvalue weighted by molar-refractivity contribution is 0.155. The fraction of sp³-hybridized carbons (Fsp3) is 0.217. The van der Waals surface area contributed by atoms with Gasteiger partial charge in [-0.2, -0.15) is 14.9 Å². The SMILES string of the molecule is Cc1cccc(F)c1-n1nc2c(-c3ccc4c(c3)CN3C(=O)OC[C@@H]3C4)n[nH]c2cc1=O. The number of aromatic nitrogens is 4. The maximum absolute atomic E-state index is 14.5. The normalized spacial score (nSPS) is 17.4. The maximum atomic E-state index is 14.5. The van der Waals surface area contributed by atoms with Gasteiger partial charge in [-0.1, -0.05) is 24.3 Å². The maximum Gasteiger partial charge on any atom is 0.410 e. The zero-order valence-corrected chi connectivity index (χ0v) is 17.1. The highest BCUT2D eigenvalue weighted by Gasteiger charge is 2.36. The number of hydrogen-bond donors (Lipinski definition) is 1. The van der Waals surface area contributed by atoms with Gasteiger partial charge in [0.2, 0.25) is 0 Å². The van der Waals surface area contributed by atoms with Gasteiger partial charge in [-0.15, -0.1) is 0 Å².